The van der Waals surface area contributed by atoms with Crippen LogP contribution >= 0.6 is 0 Å². The summed E-state index contributed by atoms with van der Waals surface area (Å²) in [5.74, 6) is -1.41. The van der Waals surface area contributed by atoms with Crippen molar-refractivity contribution >= 4 is 12.0 Å². The first-order chi connectivity index (χ1) is 20.5. The number of hydrogen-bond acceptors (Lipinski definition) is 12. The van der Waals surface area contributed by atoms with E-state index in [2.05, 4.69) is 6.58 Å². The number of ether oxygens (including phenoxy) is 5. The van der Waals surface area contributed by atoms with Gasteiger partial charge in [-0.25, -0.2) is 4.79 Å². The normalized spacial score (nSPS) is 34.0. The quantitative estimate of drug-likeness (QED) is 0.113. The van der Waals surface area contributed by atoms with Gasteiger partial charge < -0.3 is 54.3 Å². The highest BCUT2D eigenvalue weighted by Crippen LogP contribution is 2.51. The van der Waals surface area contributed by atoms with E-state index in [1.807, 2.05) is 13.8 Å². The number of carbonyl (C=O) groups excluding carboxylic acids is 1. The fourth-order valence-corrected chi connectivity index (χ4v) is 5.84. The van der Waals surface area contributed by atoms with Crippen LogP contribution in [0, 0.1) is 17.8 Å². The molecule has 12 nitrogen and oxygen atoms in total. The van der Waals surface area contributed by atoms with Crippen LogP contribution in [0.3, 0.4) is 0 Å². The summed E-state index contributed by atoms with van der Waals surface area (Å²) in [6, 6.07) is 6.19. The van der Waals surface area contributed by atoms with Crippen molar-refractivity contribution in [2.75, 3.05) is 26.4 Å². The average Bonchev–Trinajstić information content (AvgIpc) is 3.26. The van der Waals surface area contributed by atoms with Crippen molar-refractivity contribution in [3.8, 4) is 5.75 Å². The maximum Gasteiger partial charge on any atom is 0.331 e. The van der Waals surface area contributed by atoms with Crippen LogP contribution in [-0.2, 0) is 28.5 Å². The standard InChI is InChI=1S/C31H42O12/c1-17(2)10-18(3)42-30-27-22(20(14-41-30)13-39-24-15-40-23(12-32)28(36)29(24)37)11-25(31(27,38)16-33)43-26(35)9-6-19-4-7-21(34)8-5-19/h4-9,14,17,22-25,27-30,32-34,36-38H,3,10-13,15-16H2,1-2H3. The van der Waals surface area contributed by atoms with Gasteiger partial charge in [-0.05, 0) is 41.7 Å². The Morgan fingerprint density at radius 3 is 2.53 bits per heavy atom. The summed E-state index contributed by atoms with van der Waals surface area (Å²) < 4.78 is 28.9. The molecule has 43 heavy (non-hydrogen) atoms. The number of fused-ring (bicyclic) bond motifs is 1. The Labute approximate surface area is 250 Å². The third kappa shape index (κ3) is 7.58. The number of rotatable bonds is 12. The molecule has 9 atom stereocenters. The summed E-state index contributed by atoms with van der Waals surface area (Å²) in [6.07, 6.45) is -1.93. The van der Waals surface area contributed by atoms with E-state index in [1.165, 1.54) is 30.5 Å². The van der Waals surface area contributed by atoms with Crippen LogP contribution in [0.1, 0.15) is 32.3 Å². The lowest BCUT2D eigenvalue weighted by atomic mass is 9.80. The maximum absolute atomic E-state index is 12.8. The van der Waals surface area contributed by atoms with E-state index in [4.69, 9.17) is 23.7 Å². The van der Waals surface area contributed by atoms with Gasteiger partial charge in [-0.1, -0.05) is 32.6 Å². The predicted molar refractivity (Wildman–Crippen MR) is 152 cm³/mol. The van der Waals surface area contributed by atoms with E-state index in [0.717, 1.165) is 0 Å². The van der Waals surface area contributed by atoms with Crippen LogP contribution < -0.4 is 0 Å². The SMILES string of the molecule is C=C(CC(C)C)OC1OC=C(COC2COC(CO)C(O)C2O)C2CC(OC(=O)C=Cc3ccc(O)cc3)C(O)(CO)C12. The van der Waals surface area contributed by atoms with Crippen LogP contribution in [0.5, 0.6) is 5.75 Å². The molecule has 2 fully saturated rings. The smallest absolute Gasteiger partial charge is 0.331 e. The van der Waals surface area contributed by atoms with Gasteiger partial charge in [0.1, 0.15) is 41.9 Å². The second-order valence-electron chi connectivity index (χ2n) is 11.7. The summed E-state index contributed by atoms with van der Waals surface area (Å²) in [5, 5.41) is 61.7. The summed E-state index contributed by atoms with van der Waals surface area (Å²) >= 11 is 0. The highest BCUT2D eigenvalue weighted by molar-refractivity contribution is 5.87. The minimum Gasteiger partial charge on any atom is -0.508 e. The lowest BCUT2D eigenvalue weighted by Crippen LogP contribution is -2.55. The minimum atomic E-state index is -1.95. The second-order valence-corrected chi connectivity index (χ2v) is 11.7. The Morgan fingerprint density at radius 2 is 1.88 bits per heavy atom. The molecule has 1 aromatic rings. The summed E-state index contributed by atoms with van der Waals surface area (Å²) in [5.41, 5.74) is -0.757. The van der Waals surface area contributed by atoms with Crippen molar-refractivity contribution < 1.29 is 59.1 Å². The number of esters is 1. The molecule has 0 bridgehead atoms. The van der Waals surface area contributed by atoms with E-state index in [0.29, 0.717) is 23.3 Å². The van der Waals surface area contributed by atoms with Crippen molar-refractivity contribution in [1.29, 1.82) is 0 Å². The van der Waals surface area contributed by atoms with E-state index in [-0.39, 0.29) is 31.3 Å². The van der Waals surface area contributed by atoms with Gasteiger partial charge in [-0.15, -0.1) is 0 Å². The van der Waals surface area contributed by atoms with Gasteiger partial charge in [-0.2, -0.15) is 0 Å². The molecule has 0 amide bonds. The topological polar surface area (TPSA) is 185 Å². The highest BCUT2D eigenvalue weighted by Gasteiger charge is 2.62. The first-order valence-electron chi connectivity index (χ1n) is 14.4. The molecule has 0 aromatic heterocycles. The maximum atomic E-state index is 12.8. The lowest BCUT2D eigenvalue weighted by molar-refractivity contribution is -0.215. The van der Waals surface area contributed by atoms with Crippen LogP contribution in [0.4, 0.5) is 0 Å². The number of hydrogen-bond donors (Lipinski definition) is 6. The van der Waals surface area contributed by atoms with Gasteiger partial charge in [0.2, 0.25) is 6.29 Å². The minimum absolute atomic E-state index is 0.0688. The van der Waals surface area contributed by atoms with Crippen LogP contribution in [0.2, 0.25) is 0 Å². The Hall–Kier alpha value is -2.97. The van der Waals surface area contributed by atoms with Crippen LogP contribution in [0.25, 0.3) is 6.08 Å². The van der Waals surface area contributed by atoms with Crippen LogP contribution in [0.15, 0.2) is 54.5 Å². The molecular weight excluding hydrogens is 564 g/mol. The summed E-state index contributed by atoms with van der Waals surface area (Å²) in [6.45, 7) is 6.58. The first kappa shape index (κ1) is 32.9. The van der Waals surface area contributed by atoms with Crippen molar-refractivity contribution in [2.24, 2.45) is 17.8 Å². The molecule has 9 unspecified atom stereocenters. The molecule has 12 heteroatoms. The van der Waals surface area contributed by atoms with Gasteiger partial charge in [0, 0.05) is 18.4 Å². The molecule has 1 aliphatic carbocycles. The number of benzene rings is 1. The molecule has 1 aromatic carbocycles. The predicted octanol–water partition coefficient (Wildman–Crippen LogP) is 0.991. The molecule has 2 aliphatic heterocycles. The molecule has 1 saturated carbocycles. The molecular formula is C31H42O12. The van der Waals surface area contributed by atoms with Gasteiger partial charge in [0.05, 0.1) is 44.4 Å². The van der Waals surface area contributed by atoms with Crippen molar-refractivity contribution in [1.82, 2.24) is 0 Å². The van der Waals surface area contributed by atoms with E-state index in [1.54, 1.807) is 12.1 Å². The molecule has 6 N–H and O–H groups in total. The zero-order chi connectivity index (χ0) is 31.3. The monoisotopic (exact) mass is 606 g/mol. The summed E-state index contributed by atoms with van der Waals surface area (Å²) in [4.78, 5) is 12.8. The Morgan fingerprint density at radius 1 is 1.16 bits per heavy atom. The number of aromatic hydroxyl groups is 1. The van der Waals surface area contributed by atoms with E-state index < -0.39 is 73.4 Å². The van der Waals surface area contributed by atoms with Crippen molar-refractivity contribution in [2.45, 2.75) is 69.1 Å². The number of phenolic OH excluding ortho intramolecular Hbond substituents is 1. The zero-order valence-electron chi connectivity index (χ0n) is 24.3. The van der Waals surface area contributed by atoms with E-state index in [9.17, 15) is 35.4 Å². The highest BCUT2D eigenvalue weighted by atomic mass is 16.7. The zero-order valence-corrected chi connectivity index (χ0v) is 24.3. The second kappa shape index (κ2) is 14.2. The Balaban J connectivity index is 1.52. The molecule has 238 valence electrons. The fraction of sp³-hybridized carbons (Fsp3) is 0.581. The molecule has 3 aliphatic rings. The number of phenols is 1. The summed E-state index contributed by atoms with van der Waals surface area (Å²) in [7, 11) is 0. The average molecular weight is 607 g/mol. The number of aliphatic hydroxyl groups is 5. The number of aliphatic hydroxyl groups excluding tert-OH is 4. The Bertz CT molecular complexity index is 1160. The molecule has 0 spiro atoms. The van der Waals surface area contributed by atoms with Gasteiger partial charge in [-0.3, -0.25) is 0 Å². The molecule has 2 heterocycles. The lowest BCUT2D eigenvalue weighted by Gasteiger charge is -2.41. The van der Waals surface area contributed by atoms with Gasteiger partial charge in [0.15, 0.2) is 0 Å². The largest absolute Gasteiger partial charge is 0.508 e. The number of carbonyl (C=O) groups is 1. The van der Waals surface area contributed by atoms with Crippen molar-refractivity contribution in [3.05, 3.63) is 60.1 Å². The molecule has 1 saturated heterocycles. The Kier molecular flexibility index (Phi) is 10.9. The van der Waals surface area contributed by atoms with Crippen LogP contribution in [-0.4, -0.2) is 105 Å². The number of allylic oxidation sites excluding steroid dienone is 1. The first-order valence-corrected chi connectivity index (χ1v) is 14.4. The third-order valence-corrected chi connectivity index (χ3v) is 8.13. The molecule has 4 rings (SSSR count). The van der Waals surface area contributed by atoms with E-state index >= 15 is 0 Å². The van der Waals surface area contributed by atoms with Crippen molar-refractivity contribution in [3.63, 3.8) is 0 Å². The third-order valence-electron chi connectivity index (χ3n) is 8.13. The van der Waals surface area contributed by atoms with Gasteiger partial charge in [0.25, 0.3) is 0 Å². The fourth-order valence-electron chi connectivity index (χ4n) is 5.84. The van der Waals surface area contributed by atoms with Gasteiger partial charge >= 0.3 is 5.97 Å². The molecule has 0 radical (unpaired) electrons.